The third-order valence-corrected chi connectivity index (χ3v) is 1.69. The summed E-state index contributed by atoms with van der Waals surface area (Å²) in [5.74, 6) is 0. The fraction of sp³-hybridized carbons (Fsp3) is 0.429. The lowest BCUT2D eigenvalue weighted by Gasteiger charge is -1.96. The molecule has 0 atom stereocenters. The van der Waals surface area contributed by atoms with E-state index in [1.807, 2.05) is 20.2 Å². The van der Waals surface area contributed by atoms with Gasteiger partial charge in [0.1, 0.15) is 0 Å². The molecule has 0 saturated carbocycles. The Labute approximate surface area is 65.4 Å². The molecule has 0 spiro atoms. The molecule has 0 radical (unpaired) electrons. The Morgan fingerprint density at radius 3 is 3.00 bits per heavy atom. The van der Waals surface area contributed by atoms with Crippen LogP contribution in [0.4, 0.5) is 0 Å². The number of hydrogen-bond acceptors (Lipinski definition) is 3. The van der Waals surface area contributed by atoms with Crippen molar-refractivity contribution in [2.45, 2.75) is 13.5 Å². The van der Waals surface area contributed by atoms with E-state index in [9.17, 15) is 0 Å². The first-order valence-electron chi connectivity index (χ1n) is 3.35. The van der Waals surface area contributed by atoms with E-state index in [4.69, 9.17) is 5.26 Å². The molecule has 0 aliphatic carbocycles. The van der Waals surface area contributed by atoms with Gasteiger partial charge in [0.25, 0.3) is 0 Å². The van der Waals surface area contributed by atoms with Crippen molar-refractivity contribution in [2.75, 3.05) is 0 Å². The molecule has 0 aliphatic rings. The van der Waals surface area contributed by atoms with Crippen molar-refractivity contribution in [2.24, 2.45) is 7.05 Å². The molecule has 1 N–H and O–H groups in total. The zero-order valence-corrected chi connectivity index (χ0v) is 6.63. The number of hydrogen-bond donors (Lipinski definition) is 1. The van der Waals surface area contributed by atoms with Crippen LogP contribution in [0.5, 0.6) is 0 Å². The van der Waals surface area contributed by atoms with Gasteiger partial charge in [0.2, 0.25) is 0 Å². The Hall–Kier alpha value is -1.50. The van der Waals surface area contributed by atoms with Gasteiger partial charge in [-0.3, -0.25) is 4.68 Å². The summed E-state index contributed by atoms with van der Waals surface area (Å²) < 4.78 is 1.79. The second kappa shape index (κ2) is 3.06. The van der Waals surface area contributed by atoms with Crippen LogP contribution in [0.2, 0.25) is 0 Å². The Kier molecular flexibility index (Phi) is 2.12. The summed E-state index contributed by atoms with van der Waals surface area (Å²) in [6.45, 7) is 2.54. The summed E-state index contributed by atoms with van der Waals surface area (Å²) >= 11 is 0. The van der Waals surface area contributed by atoms with Gasteiger partial charge >= 0.3 is 0 Å². The number of aromatic nitrogens is 2. The van der Waals surface area contributed by atoms with Gasteiger partial charge in [-0.15, -0.1) is 0 Å². The first kappa shape index (κ1) is 7.61. The average molecular weight is 150 g/mol. The van der Waals surface area contributed by atoms with Crippen molar-refractivity contribution < 1.29 is 0 Å². The van der Waals surface area contributed by atoms with E-state index in [0.29, 0.717) is 6.54 Å². The maximum absolute atomic E-state index is 8.24. The van der Waals surface area contributed by atoms with Crippen molar-refractivity contribution in [1.82, 2.24) is 15.1 Å². The second-order valence-electron chi connectivity index (χ2n) is 2.34. The highest BCUT2D eigenvalue weighted by molar-refractivity contribution is 5.15. The van der Waals surface area contributed by atoms with Gasteiger partial charge in [-0.1, -0.05) is 0 Å². The van der Waals surface area contributed by atoms with E-state index < -0.39 is 0 Å². The topological polar surface area (TPSA) is 53.6 Å². The lowest BCUT2D eigenvalue weighted by atomic mass is 10.3. The molecule has 0 saturated heterocycles. The number of aryl methyl sites for hydroxylation is 1. The second-order valence-corrected chi connectivity index (χ2v) is 2.34. The molecular formula is C7H10N4. The van der Waals surface area contributed by atoms with Crippen LogP contribution in [0, 0.1) is 18.4 Å². The minimum atomic E-state index is 0.566. The lowest BCUT2D eigenvalue weighted by molar-refractivity contribution is 0.735. The standard InChI is InChI=1S/C7H10N4/c1-6-7(3-9-5-8)4-10-11(6)2/h4,9H,3H2,1-2H3. The number of nitrogens with zero attached hydrogens (tertiary/aromatic N) is 3. The molecule has 0 fully saturated rings. The first-order chi connectivity index (χ1) is 5.25. The van der Waals surface area contributed by atoms with Crippen molar-refractivity contribution in [3.63, 3.8) is 0 Å². The molecule has 11 heavy (non-hydrogen) atoms. The van der Waals surface area contributed by atoms with Gasteiger partial charge in [-0.25, -0.2) is 0 Å². The fourth-order valence-corrected chi connectivity index (χ4v) is 0.852. The van der Waals surface area contributed by atoms with Crippen LogP contribution in [0.25, 0.3) is 0 Å². The molecule has 1 aromatic rings. The normalized spacial score (nSPS) is 9.18. The van der Waals surface area contributed by atoms with Crippen molar-refractivity contribution in [3.05, 3.63) is 17.5 Å². The molecule has 4 heteroatoms. The molecule has 1 aromatic heterocycles. The highest BCUT2D eigenvalue weighted by atomic mass is 15.3. The van der Waals surface area contributed by atoms with Crippen molar-refractivity contribution >= 4 is 0 Å². The predicted octanol–water partition coefficient (Wildman–Crippen LogP) is 0.299. The van der Waals surface area contributed by atoms with Gasteiger partial charge in [-0.2, -0.15) is 10.4 Å². The number of rotatable bonds is 2. The molecule has 0 aliphatic heterocycles. The smallest absolute Gasteiger partial charge is 0.176 e. The van der Waals surface area contributed by atoms with Crippen LogP contribution in [0.15, 0.2) is 6.20 Å². The zero-order chi connectivity index (χ0) is 8.27. The van der Waals surface area contributed by atoms with E-state index in [1.165, 1.54) is 0 Å². The van der Waals surface area contributed by atoms with E-state index in [-0.39, 0.29) is 0 Å². The van der Waals surface area contributed by atoms with Crippen LogP contribution in [0.1, 0.15) is 11.3 Å². The summed E-state index contributed by atoms with van der Waals surface area (Å²) in [5.41, 5.74) is 2.15. The van der Waals surface area contributed by atoms with Gasteiger partial charge in [-0.05, 0) is 6.92 Å². The molecule has 58 valence electrons. The predicted molar refractivity (Wildman–Crippen MR) is 40.4 cm³/mol. The quantitative estimate of drug-likeness (QED) is 0.487. The summed E-state index contributed by atoms with van der Waals surface area (Å²) in [4.78, 5) is 0. The van der Waals surface area contributed by atoms with E-state index >= 15 is 0 Å². The molecule has 0 aromatic carbocycles. The van der Waals surface area contributed by atoms with Crippen LogP contribution in [-0.4, -0.2) is 9.78 Å². The van der Waals surface area contributed by atoms with Crippen LogP contribution < -0.4 is 5.32 Å². The molecule has 1 rings (SSSR count). The van der Waals surface area contributed by atoms with E-state index in [2.05, 4.69) is 10.4 Å². The third-order valence-electron chi connectivity index (χ3n) is 1.69. The Balaban J connectivity index is 2.72. The van der Waals surface area contributed by atoms with Gasteiger partial charge in [0.05, 0.1) is 12.7 Å². The molecule has 1 heterocycles. The summed E-state index contributed by atoms with van der Waals surface area (Å²) in [6, 6.07) is 0. The SMILES string of the molecule is Cc1c(CNC#N)cnn1C. The number of nitriles is 1. The van der Waals surface area contributed by atoms with Gasteiger partial charge < -0.3 is 5.32 Å². The molecule has 0 unspecified atom stereocenters. The van der Waals surface area contributed by atoms with Crippen LogP contribution in [0.3, 0.4) is 0 Å². The lowest BCUT2D eigenvalue weighted by Crippen LogP contribution is -2.05. The van der Waals surface area contributed by atoms with Crippen molar-refractivity contribution in [1.29, 1.82) is 5.26 Å². The van der Waals surface area contributed by atoms with Crippen molar-refractivity contribution in [3.8, 4) is 6.19 Å². The minimum Gasteiger partial charge on any atom is -0.319 e. The van der Waals surface area contributed by atoms with E-state index in [0.717, 1.165) is 11.3 Å². The highest BCUT2D eigenvalue weighted by Gasteiger charge is 2.00. The average Bonchev–Trinajstić information content (AvgIpc) is 2.31. The molecule has 0 amide bonds. The van der Waals surface area contributed by atoms with Crippen LogP contribution >= 0.6 is 0 Å². The maximum atomic E-state index is 8.24. The minimum absolute atomic E-state index is 0.566. The Morgan fingerprint density at radius 1 is 1.82 bits per heavy atom. The maximum Gasteiger partial charge on any atom is 0.176 e. The zero-order valence-electron chi connectivity index (χ0n) is 6.63. The summed E-state index contributed by atoms with van der Waals surface area (Å²) in [7, 11) is 1.88. The van der Waals surface area contributed by atoms with Gasteiger partial charge in [0, 0.05) is 18.3 Å². The monoisotopic (exact) mass is 150 g/mol. The highest BCUT2D eigenvalue weighted by Crippen LogP contribution is 2.03. The molecular weight excluding hydrogens is 140 g/mol. The van der Waals surface area contributed by atoms with E-state index in [1.54, 1.807) is 10.9 Å². The number of nitrogens with one attached hydrogen (secondary N) is 1. The summed E-state index contributed by atoms with van der Waals surface area (Å²) in [5, 5.41) is 14.8. The Morgan fingerprint density at radius 2 is 2.55 bits per heavy atom. The fourth-order valence-electron chi connectivity index (χ4n) is 0.852. The molecule has 0 bridgehead atoms. The third kappa shape index (κ3) is 1.49. The van der Waals surface area contributed by atoms with Gasteiger partial charge in [0.15, 0.2) is 6.19 Å². The first-order valence-corrected chi connectivity index (χ1v) is 3.35. The largest absolute Gasteiger partial charge is 0.319 e. The summed E-state index contributed by atoms with van der Waals surface area (Å²) in [6.07, 6.45) is 3.63. The van der Waals surface area contributed by atoms with Crippen LogP contribution in [-0.2, 0) is 13.6 Å². The Bertz CT molecular complexity index is 281. The molecule has 4 nitrogen and oxygen atoms in total.